The Balaban J connectivity index is 1.85. The number of carbonyl (C=O) groups is 1. The average molecular weight is 533 g/mol. The highest BCUT2D eigenvalue weighted by molar-refractivity contribution is 7.87. The number of rotatable bonds is 8. The van der Waals surface area contributed by atoms with E-state index in [-0.39, 0.29) is 32.7 Å². The second kappa shape index (κ2) is 11.1. The van der Waals surface area contributed by atoms with Gasteiger partial charge in [0.15, 0.2) is 11.5 Å². The number of hydrogen-bond acceptors (Lipinski definition) is 7. The van der Waals surface area contributed by atoms with Crippen LogP contribution in [0.2, 0.25) is 10.0 Å². The molecule has 0 saturated carbocycles. The number of nitriles is 1. The molecule has 8 nitrogen and oxygen atoms in total. The predicted octanol–water partition coefficient (Wildman–Crippen LogP) is 5.32. The van der Waals surface area contributed by atoms with Crippen molar-refractivity contribution in [2.24, 2.45) is 0 Å². The number of benzene rings is 3. The molecule has 0 bridgehead atoms. The molecule has 1 amide bonds. The molecule has 0 aromatic heterocycles. The first kappa shape index (κ1) is 25.9. The van der Waals surface area contributed by atoms with Crippen molar-refractivity contribution >= 4 is 51.0 Å². The minimum absolute atomic E-state index is 0.0749. The van der Waals surface area contributed by atoms with E-state index in [1.807, 2.05) is 6.07 Å². The third-order valence-corrected chi connectivity index (χ3v) is 6.40. The summed E-state index contributed by atoms with van der Waals surface area (Å²) in [6.45, 7) is 0. The zero-order chi connectivity index (χ0) is 25.6. The summed E-state index contributed by atoms with van der Waals surface area (Å²) < 4.78 is 40.8. The van der Waals surface area contributed by atoms with Crippen molar-refractivity contribution < 1.29 is 26.9 Å². The largest absolute Gasteiger partial charge is 0.497 e. The Kier molecular flexibility index (Phi) is 8.25. The monoisotopic (exact) mass is 532 g/mol. The molecule has 0 atom stereocenters. The van der Waals surface area contributed by atoms with Gasteiger partial charge in [0.2, 0.25) is 0 Å². The molecule has 35 heavy (non-hydrogen) atoms. The molecule has 0 aliphatic carbocycles. The highest BCUT2D eigenvalue weighted by atomic mass is 35.5. The number of nitrogens with zero attached hydrogens (tertiary/aromatic N) is 1. The molecular formula is C24H18Cl2N2O6S. The fourth-order valence-corrected chi connectivity index (χ4v) is 4.13. The average Bonchev–Trinajstić information content (AvgIpc) is 2.85. The van der Waals surface area contributed by atoms with E-state index in [2.05, 4.69) is 5.32 Å². The predicted molar refractivity (Wildman–Crippen MR) is 132 cm³/mol. The molecule has 1 N–H and O–H groups in total. The molecule has 0 saturated heterocycles. The van der Waals surface area contributed by atoms with Crippen LogP contribution in [-0.4, -0.2) is 28.5 Å². The van der Waals surface area contributed by atoms with Crippen molar-refractivity contribution in [2.45, 2.75) is 4.90 Å². The van der Waals surface area contributed by atoms with Crippen molar-refractivity contribution in [3.05, 3.63) is 81.8 Å². The second-order valence-electron chi connectivity index (χ2n) is 6.87. The van der Waals surface area contributed by atoms with Gasteiger partial charge in [0.05, 0.1) is 24.9 Å². The number of carbonyl (C=O) groups excluding carboxylic acids is 1. The highest BCUT2D eigenvalue weighted by Crippen LogP contribution is 2.32. The van der Waals surface area contributed by atoms with Gasteiger partial charge in [-0.3, -0.25) is 4.79 Å². The van der Waals surface area contributed by atoms with E-state index < -0.39 is 16.0 Å². The van der Waals surface area contributed by atoms with Crippen LogP contribution in [0.4, 0.5) is 5.69 Å². The first-order chi connectivity index (χ1) is 16.7. The number of nitrogens with one attached hydrogen (secondary N) is 1. The maximum atomic E-state index is 12.6. The molecule has 0 aliphatic heterocycles. The maximum absolute atomic E-state index is 12.6. The lowest BCUT2D eigenvalue weighted by molar-refractivity contribution is -0.112. The molecule has 0 aliphatic rings. The number of methoxy groups -OCH3 is 2. The molecule has 0 heterocycles. The lowest BCUT2D eigenvalue weighted by Gasteiger charge is -2.12. The fraction of sp³-hybridized carbons (Fsp3) is 0.0833. The Morgan fingerprint density at radius 3 is 2.31 bits per heavy atom. The molecule has 11 heteroatoms. The van der Waals surface area contributed by atoms with Crippen LogP contribution in [0.25, 0.3) is 6.08 Å². The van der Waals surface area contributed by atoms with Gasteiger partial charge in [-0.05, 0) is 66.2 Å². The van der Waals surface area contributed by atoms with E-state index in [1.54, 1.807) is 6.07 Å². The van der Waals surface area contributed by atoms with Gasteiger partial charge in [-0.25, -0.2) is 0 Å². The smallest absolute Gasteiger partial charge is 0.339 e. The number of amides is 1. The van der Waals surface area contributed by atoms with Gasteiger partial charge in [0, 0.05) is 5.02 Å². The van der Waals surface area contributed by atoms with E-state index in [1.165, 1.54) is 74.9 Å². The Labute approximate surface area is 212 Å². The van der Waals surface area contributed by atoms with E-state index in [4.69, 9.17) is 36.9 Å². The van der Waals surface area contributed by atoms with Crippen molar-refractivity contribution in [2.75, 3.05) is 19.5 Å². The third-order valence-electron chi connectivity index (χ3n) is 4.59. The minimum Gasteiger partial charge on any atom is -0.497 e. The Bertz CT molecular complexity index is 1430. The summed E-state index contributed by atoms with van der Waals surface area (Å²) in [5, 5.41) is 12.6. The molecule has 3 aromatic carbocycles. The number of ether oxygens (including phenoxy) is 2. The fourth-order valence-electron chi connectivity index (χ4n) is 2.85. The van der Waals surface area contributed by atoms with Crippen LogP contribution < -0.4 is 19.0 Å². The Morgan fingerprint density at radius 2 is 1.69 bits per heavy atom. The first-order valence-electron chi connectivity index (χ1n) is 9.81. The molecule has 3 aromatic rings. The third kappa shape index (κ3) is 6.45. The molecule has 0 spiro atoms. The normalized spacial score (nSPS) is 11.3. The SMILES string of the molecule is COc1ccc(S(=O)(=O)Oc2ccc(/C=C(\C#N)C(=O)Nc3cc(Cl)ccc3Cl)cc2OC)cc1. The van der Waals surface area contributed by atoms with Crippen LogP contribution in [0.1, 0.15) is 5.56 Å². The quantitative estimate of drug-likeness (QED) is 0.237. The maximum Gasteiger partial charge on any atom is 0.339 e. The summed E-state index contributed by atoms with van der Waals surface area (Å²) in [6, 6.07) is 16.3. The molecule has 0 unspecified atom stereocenters. The summed E-state index contributed by atoms with van der Waals surface area (Å²) in [5.41, 5.74) is 0.401. The van der Waals surface area contributed by atoms with Gasteiger partial charge in [0.25, 0.3) is 5.91 Å². The van der Waals surface area contributed by atoms with Gasteiger partial charge >= 0.3 is 10.1 Å². The molecule has 0 fully saturated rings. The van der Waals surface area contributed by atoms with Gasteiger partial charge in [-0.1, -0.05) is 29.3 Å². The van der Waals surface area contributed by atoms with Gasteiger partial charge < -0.3 is 19.0 Å². The topological polar surface area (TPSA) is 115 Å². The summed E-state index contributed by atoms with van der Waals surface area (Å²) in [4.78, 5) is 12.5. The zero-order valence-corrected chi connectivity index (χ0v) is 20.7. The van der Waals surface area contributed by atoms with Crippen LogP contribution in [0, 0.1) is 11.3 Å². The summed E-state index contributed by atoms with van der Waals surface area (Å²) in [7, 11) is -1.36. The van der Waals surface area contributed by atoms with Crippen LogP contribution in [-0.2, 0) is 14.9 Å². The van der Waals surface area contributed by atoms with E-state index in [0.717, 1.165) is 0 Å². The minimum atomic E-state index is -4.16. The van der Waals surface area contributed by atoms with Gasteiger partial charge in [0.1, 0.15) is 22.3 Å². The van der Waals surface area contributed by atoms with Gasteiger partial charge in [-0.2, -0.15) is 13.7 Å². The first-order valence-corrected chi connectivity index (χ1v) is 12.0. The molecule has 3 rings (SSSR count). The lowest BCUT2D eigenvalue weighted by Crippen LogP contribution is -2.13. The van der Waals surface area contributed by atoms with Crippen LogP contribution >= 0.6 is 23.2 Å². The lowest BCUT2D eigenvalue weighted by atomic mass is 10.1. The van der Waals surface area contributed by atoms with Crippen LogP contribution in [0.3, 0.4) is 0 Å². The zero-order valence-electron chi connectivity index (χ0n) is 18.4. The number of anilines is 1. The molecular weight excluding hydrogens is 515 g/mol. The van der Waals surface area contributed by atoms with Crippen LogP contribution in [0.5, 0.6) is 17.2 Å². The molecule has 180 valence electrons. The van der Waals surface area contributed by atoms with Crippen molar-refractivity contribution in [1.82, 2.24) is 0 Å². The molecule has 0 radical (unpaired) electrons. The van der Waals surface area contributed by atoms with Crippen molar-refractivity contribution in [1.29, 1.82) is 5.26 Å². The number of halogens is 2. The Hall–Kier alpha value is -3.71. The van der Waals surface area contributed by atoms with E-state index in [9.17, 15) is 18.5 Å². The van der Waals surface area contributed by atoms with Crippen LogP contribution in [0.15, 0.2) is 71.1 Å². The Morgan fingerprint density at radius 1 is 0.971 bits per heavy atom. The summed E-state index contributed by atoms with van der Waals surface area (Å²) in [5.74, 6) is -0.216. The standard InChI is InChI=1S/C24H18Cl2N2O6S/c1-32-18-5-7-19(8-6-18)35(30,31)34-22-10-3-15(12-23(22)33-2)11-16(14-27)24(29)28-21-13-17(25)4-9-20(21)26/h3-13H,1-2H3,(H,28,29)/b16-11+. The highest BCUT2D eigenvalue weighted by Gasteiger charge is 2.20. The van der Waals surface area contributed by atoms with E-state index >= 15 is 0 Å². The summed E-state index contributed by atoms with van der Waals surface area (Å²) in [6.07, 6.45) is 1.30. The number of hydrogen-bond donors (Lipinski definition) is 1. The second-order valence-corrected chi connectivity index (χ2v) is 9.26. The van der Waals surface area contributed by atoms with Gasteiger partial charge in [-0.15, -0.1) is 0 Å². The van der Waals surface area contributed by atoms with Crippen molar-refractivity contribution in [3.63, 3.8) is 0 Å². The van der Waals surface area contributed by atoms with E-state index in [0.29, 0.717) is 16.3 Å². The summed E-state index contributed by atoms with van der Waals surface area (Å²) >= 11 is 12.0. The van der Waals surface area contributed by atoms with Crippen molar-refractivity contribution in [3.8, 4) is 23.3 Å².